The Balaban J connectivity index is 1.30. The molecule has 0 saturated carbocycles. The number of benzene rings is 2. The van der Waals surface area contributed by atoms with E-state index < -0.39 is 11.6 Å². The van der Waals surface area contributed by atoms with E-state index >= 15 is 0 Å². The SMILES string of the molecule is COc1ccc(CN2Cc3nc(-c4c(F)cccc4F)cc(Nc4ccc(N5CCN(C(C)(C)C)CC5)cn4)c3C2=O)c(OC)c1. The Kier molecular flexibility index (Phi) is 8.52. The molecule has 2 aliphatic rings. The van der Waals surface area contributed by atoms with Gasteiger partial charge in [-0.1, -0.05) is 6.07 Å². The molecule has 11 heteroatoms. The normalized spacial score (nSPS) is 15.2. The Hall–Kier alpha value is -4.77. The van der Waals surface area contributed by atoms with Crippen molar-refractivity contribution in [3.63, 3.8) is 0 Å². The number of nitrogens with zero attached hydrogens (tertiary/aromatic N) is 5. The fourth-order valence-electron chi connectivity index (χ4n) is 6.07. The molecule has 2 aromatic heterocycles. The van der Waals surface area contributed by atoms with Crippen molar-refractivity contribution in [1.82, 2.24) is 19.8 Å². The minimum atomic E-state index is -0.739. The van der Waals surface area contributed by atoms with Crippen LogP contribution >= 0.6 is 0 Å². The fourth-order valence-corrected chi connectivity index (χ4v) is 6.07. The van der Waals surface area contributed by atoms with E-state index in [0.717, 1.165) is 37.4 Å². The molecule has 2 aliphatic heterocycles. The molecular weight excluding hydrogens is 590 g/mol. The summed E-state index contributed by atoms with van der Waals surface area (Å²) in [6, 6.07) is 14.4. The van der Waals surface area contributed by atoms with Crippen LogP contribution in [0.3, 0.4) is 0 Å². The molecule has 0 bridgehead atoms. The molecule has 0 unspecified atom stereocenters. The lowest BCUT2D eigenvalue weighted by Gasteiger charge is -2.42. The summed E-state index contributed by atoms with van der Waals surface area (Å²) < 4.78 is 40.7. The van der Waals surface area contributed by atoms with E-state index in [9.17, 15) is 13.6 Å². The first-order chi connectivity index (χ1) is 22.0. The van der Waals surface area contributed by atoms with Crippen LogP contribution in [0, 0.1) is 11.6 Å². The van der Waals surface area contributed by atoms with Crippen LogP contribution in [-0.4, -0.2) is 71.6 Å². The maximum atomic E-state index is 14.9. The second-order valence-corrected chi connectivity index (χ2v) is 12.5. The van der Waals surface area contributed by atoms with Gasteiger partial charge in [0.05, 0.1) is 67.4 Å². The van der Waals surface area contributed by atoms with Crippen LogP contribution in [0.4, 0.5) is 26.0 Å². The van der Waals surface area contributed by atoms with Gasteiger partial charge < -0.3 is 24.6 Å². The van der Waals surface area contributed by atoms with Crippen molar-refractivity contribution in [1.29, 1.82) is 0 Å². The maximum absolute atomic E-state index is 14.9. The van der Waals surface area contributed by atoms with Crippen molar-refractivity contribution < 1.29 is 23.0 Å². The van der Waals surface area contributed by atoms with Gasteiger partial charge in [0.15, 0.2) is 0 Å². The third-order valence-electron chi connectivity index (χ3n) is 8.61. The first-order valence-electron chi connectivity index (χ1n) is 15.3. The number of rotatable bonds is 8. The first-order valence-corrected chi connectivity index (χ1v) is 15.3. The number of pyridine rings is 2. The van der Waals surface area contributed by atoms with Gasteiger partial charge in [0.2, 0.25) is 0 Å². The van der Waals surface area contributed by atoms with Gasteiger partial charge in [0.1, 0.15) is 29.0 Å². The number of hydrogen-bond acceptors (Lipinski definition) is 8. The second-order valence-electron chi connectivity index (χ2n) is 12.5. The number of nitrogens with one attached hydrogen (secondary N) is 1. The van der Waals surface area contributed by atoms with E-state index in [1.54, 1.807) is 37.4 Å². The Morgan fingerprint density at radius 2 is 1.65 bits per heavy atom. The van der Waals surface area contributed by atoms with Crippen LogP contribution in [0.15, 0.2) is 60.8 Å². The number of hydrogen-bond donors (Lipinski definition) is 1. The van der Waals surface area contributed by atoms with Crippen LogP contribution < -0.4 is 19.7 Å². The van der Waals surface area contributed by atoms with Crippen LogP contribution in [-0.2, 0) is 13.1 Å². The smallest absolute Gasteiger partial charge is 0.258 e. The minimum Gasteiger partial charge on any atom is -0.497 e. The van der Waals surface area contributed by atoms with Gasteiger partial charge in [-0.05, 0) is 63.2 Å². The number of piperazine rings is 1. The van der Waals surface area contributed by atoms with Crippen molar-refractivity contribution in [2.75, 3.05) is 50.6 Å². The van der Waals surface area contributed by atoms with Gasteiger partial charge >= 0.3 is 0 Å². The summed E-state index contributed by atoms with van der Waals surface area (Å²) >= 11 is 0. The topological polar surface area (TPSA) is 83.1 Å². The molecule has 1 amide bonds. The van der Waals surface area contributed by atoms with E-state index in [1.165, 1.54) is 24.3 Å². The predicted molar refractivity (Wildman–Crippen MR) is 174 cm³/mol. The monoisotopic (exact) mass is 628 g/mol. The van der Waals surface area contributed by atoms with Crippen molar-refractivity contribution in [2.24, 2.45) is 0 Å². The zero-order valence-corrected chi connectivity index (χ0v) is 26.7. The van der Waals surface area contributed by atoms with Gasteiger partial charge in [-0.3, -0.25) is 9.69 Å². The fraction of sp³-hybridized carbons (Fsp3) is 0.343. The Morgan fingerprint density at radius 1 is 0.913 bits per heavy atom. The summed E-state index contributed by atoms with van der Waals surface area (Å²) in [7, 11) is 3.13. The molecule has 4 heterocycles. The first kappa shape index (κ1) is 31.2. The Labute approximate surface area is 267 Å². The molecule has 1 N–H and O–H groups in total. The molecule has 2 aromatic carbocycles. The third-order valence-corrected chi connectivity index (χ3v) is 8.61. The summed E-state index contributed by atoms with van der Waals surface area (Å²) in [6.45, 7) is 10.8. The van der Waals surface area contributed by atoms with Gasteiger partial charge in [-0.2, -0.15) is 0 Å². The summed E-state index contributed by atoms with van der Waals surface area (Å²) in [4.78, 5) is 29.5. The maximum Gasteiger partial charge on any atom is 0.258 e. The molecule has 0 radical (unpaired) electrons. The number of carbonyl (C=O) groups excluding carboxylic acids is 1. The van der Waals surface area contributed by atoms with E-state index in [4.69, 9.17) is 9.47 Å². The molecule has 0 atom stereocenters. The molecule has 1 fully saturated rings. The zero-order chi connectivity index (χ0) is 32.6. The van der Waals surface area contributed by atoms with Crippen LogP contribution in [0.5, 0.6) is 11.5 Å². The molecule has 6 rings (SSSR count). The highest BCUT2D eigenvalue weighted by atomic mass is 19.1. The number of methoxy groups -OCH3 is 2. The highest BCUT2D eigenvalue weighted by molar-refractivity contribution is 6.04. The standard InChI is InChI=1S/C35H38F2N6O3/c1-35(2,3)43-15-13-41(14-16-43)23-10-12-31(38-19-23)40-28-18-27(32-25(36)7-6-8-26(32)37)39-29-21-42(34(44)33(28)29)20-22-9-11-24(45-4)17-30(22)46-5/h6-12,17-19H,13-16,20-21H2,1-5H3,(H,38,39,40). The second kappa shape index (κ2) is 12.6. The van der Waals surface area contributed by atoms with E-state index in [1.807, 2.05) is 18.2 Å². The van der Waals surface area contributed by atoms with Gasteiger partial charge in [-0.15, -0.1) is 0 Å². The molecule has 0 spiro atoms. The molecule has 46 heavy (non-hydrogen) atoms. The number of ether oxygens (including phenoxy) is 2. The van der Waals surface area contributed by atoms with Gasteiger partial charge in [0, 0.05) is 43.3 Å². The Morgan fingerprint density at radius 3 is 2.28 bits per heavy atom. The number of carbonyl (C=O) groups is 1. The number of aromatic nitrogens is 2. The Bertz CT molecular complexity index is 1730. The largest absolute Gasteiger partial charge is 0.497 e. The summed E-state index contributed by atoms with van der Waals surface area (Å²) in [5, 5.41) is 3.25. The average Bonchev–Trinajstić information content (AvgIpc) is 3.35. The summed E-state index contributed by atoms with van der Waals surface area (Å²) in [6.07, 6.45) is 1.80. The molecule has 9 nitrogen and oxygen atoms in total. The molecule has 240 valence electrons. The van der Waals surface area contributed by atoms with Gasteiger partial charge in [-0.25, -0.2) is 18.7 Å². The van der Waals surface area contributed by atoms with E-state index in [0.29, 0.717) is 34.3 Å². The number of halogens is 2. The minimum absolute atomic E-state index is 0.0851. The molecule has 0 aliphatic carbocycles. The van der Waals surface area contributed by atoms with Crippen molar-refractivity contribution in [2.45, 2.75) is 39.4 Å². The zero-order valence-electron chi connectivity index (χ0n) is 26.7. The van der Waals surface area contributed by atoms with Crippen LogP contribution in [0.1, 0.15) is 42.4 Å². The molecular formula is C35H38F2N6O3. The van der Waals surface area contributed by atoms with Crippen LogP contribution in [0.25, 0.3) is 11.3 Å². The van der Waals surface area contributed by atoms with Gasteiger partial charge in [0.25, 0.3) is 5.91 Å². The van der Waals surface area contributed by atoms with E-state index in [2.05, 4.69) is 45.9 Å². The van der Waals surface area contributed by atoms with Crippen molar-refractivity contribution in [3.8, 4) is 22.8 Å². The van der Waals surface area contributed by atoms with Crippen LogP contribution in [0.2, 0.25) is 0 Å². The lowest BCUT2D eigenvalue weighted by molar-refractivity contribution is 0.0766. The number of fused-ring (bicyclic) bond motifs is 1. The van der Waals surface area contributed by atoms with Crippen molar-refractivity contribution >= 4 is 23.1 Å². The quantitative estimate of drug-likeness (QED) is 0.245. The lowest BCUT2D eigenvalue weighted by atomic mass is 10.0. The van der Waals surface area contributed by atoms with E-state index in [-0.39, 0.29) is 35.8 Å². The summed E-state index contributed by atoms with van der Waals surface area (Å²) in [5.74, 6) is -0.0434. The molecule has 4 aromatic rings. The average molecular weight is 629 g/mol. The highest BCUT2D eigenvalue weighted by Gasteiger charge is 2.34. The number of anilines is 3. The lowest BCUT2D eigenvalue weighted by Crippen LogP contribution is -2.53. The molecule has 1 saturated heterocycles. The summed E-state index contributed by atoms with van der Waals surface area (Å²) in [5.41, 5.74) is 2.85. The van der Waals surface area contributed by atoms with Crippen molar-refractivity contribution in [3.05, 3.63) is 89.2 Å². The highest BCUT2D eigenvalue weighted by Crippen LogP contribution is 2.37. The third kappa shape index (κ3) is 6.19. The number of amides is 1. The predicted octanol–water partition coefficient (Wildman–Crippen LogP) is 6.26.